The summed E-state index contributed by atoms with van der Waals surface area (Å²) in [6.45, 7) is 0. The number of hydrogen-bond donors (Lipinski definition) is 6. The molecule has 0 aromatic carbocycles. The van der Waals surface area contributed by atoms with Gasteiger partial charge in [-0.2, -0.15) is 5.01 Å². The summed E-state index contributed by atoms with van der Waals surface area (Å²) in [6.07, 6.45) is -10.6. The molecule has 0 aliphatic carbocycles. The van der Waals surface area contributed by atoms with Crippen LogP contribution >= 0.6 is 0 Å². The third-order valence-electron chi connectivity index (χ3n) is 2.62. The lowest BCUT2D eigenvalue weighted by Gasteiger charge is -2.40. The van der Waals surface area contributed by atoms with Crippen LogP contribution in [0, 0.1) is 4.91 Å². The number of nitroso groups, excluding NO2 is 1. The predicted octanol–water partition coefficient (Wildman–Crippen LogP) is -3.57. The van der Waals surface area contributed by atoms with Crippen molar-refractivity contribution in [1.29, 1.82) is 0 Å². The monoisotopic (exact) mass is 281 g/mol. The first-order valence-corrected chi connectivity index (χ1v) is 5.23. The van der Waals surface area contributed by atoms with E-state index in [4.69, 9.17) is 0 Å². The average Bonchev–Trinajstić information content (AvgIpc) is 2.39. The van der Waals surface area contributed by atoms with Crippen LogP contribution in [-0.4, -0.2) is 80.6 Å². The zero-order chi connectivity index (χ0) is 14.7. The highest BCUT2D eigenvalue weighted by Gasteiger charge is 2.46. The number of amides is 2. The largest absolute Gasteiger partial charge is 0.387 e. The van der Waals surface area contributed by atoms with E-state index >= 15 is 0 Å². The van der Waals surface area contributed by atoms with Crippen molar-refractivity contribution < 1.29 is 35.1 Å². The lowest BCUT2D eigenvalue weighted by molar-refractivity contribution is -0.298. The van der Waals surface area contributed by atoms with Crippen LogP contribution in [0.5, 0.6) is 0 Å². The predicted molar refractivity (Wildman–Crippen MR) is 57.0 cm³/mol. The van der Waals surface area contributed by atoms with E-state index < -0.39 is 43.0 Å². The number of aliphatic hydroxyl groups is 5. The van der Waals surface area contributed by atoms with E-state index in [1.165, 1.54) is 0 Å². The zero-order valence-corrected chi connectivity index (χ0v) is 9.82. The molecule has 1 aliphatic heterocycles. The van der Waals surface area contributed by atoms with E-state index in [1.54, 1.807) is 0 Å². The third-order valence-corrected chi connectivity index (χ3v) is 2.62. The average molecular weight is 281 g/mol. The van der Waals surface area contributed by atoms with Crippen molar-refractivity contribution in [2.24, 2.45) is 5.29 Å². The van der Waals surface area contributed by atoms with Crippen LogP contribution in [0.2, 0.25) is 0 Å². The molecule has 110 valence electrons. The van der Waals surface area contributed by atoms with Gasteiger partial charge in [-0.1, -0.05) is 0 Å². The third kappa shape index (κ3) is 3.34. The molecule has 1 fully saturated rings. The van der Waals surface area contributed by atoms with Crippen molar-refractivity contribution in [3.05, 3.63) is 4.91 Å². The Morgan fingerprint density at radius 2 is 1.84 bits per heavy atom. The molecule has 0 saturated carbocycles. The summed E-state index contributed by atoms with van der Waals surface area (Å²) in [5.41, 5.74) is 0. The van der Waals surface area contributed by atoms with Crippen LogP contribution in [0.1, 0.15) is 0 Å². The van der Waals surface area contributed by atoms with Gasteiger partial charge < -0.3 is 35.6 Å². The van der Waals surface area contributed by atoms with Gasteiger partial charge in [-0.15, -0.1) is 4.91 Å². The molecule has 19 heavy (non-hydrogen) atoms. The minimum absolute atomic E-state index is 0.333. The molecule has 0 bridgehead atoms. The number of rotatable bonds is 3. The van der Waals surface area contributed by atoms with Gasteiger partial charge in [-0.05, 0) is 0 Å². The van der Waals surface area contributed by atoms with Crippen molar-refractivity contribution >= 4 is 6.03 Å². The maximum Gasteiger partial charge on any atom is 0.342 e. The molecule has 1 aliphatic rings. The van der Waals surface area contributed by atoms with Crippen molar-refractivity contribution in [3.8, 4) is 0 Å². The van der Waals surface area contributed by atoms with Gasteiger partial charge in [0, 0.05) is 7.05 Å². The van der Waals surface area contributed by atoms with Gasteiger partial charge in [-0.3, -0.25) is 0 Å². The molecular formula is C8H15N3O8. The van der Waals surface area contributed by atoms with Crippen LogP contribution in [0.4, 0.5) is 4.79 Å². The normalized spacial score (nSPS) is 36.4. The topological polar surface area (TPSA) is 172 Å². The first-order chi connectivity index (χ1) is 8.79. The molecule has 11 nitrogen and oxygen atoms in total. The lowest BCUT2D eigenvalue weighted by atomic mass is 9.98. The minimum atomic E-state index is -1.85. The molecule has 0 spiro atoms. The van der Waals surface area contributed by atoms with Crippen LogP contribution in [0.15, 0.2) is 5.29 Å². The maximum absolute atomic E-state index is 11.2. The molecule has 1 rings (SSSR count). The highest BCUT2D eigenvalue weighted by Crippen LogP contribution is 2.21. The molecule has 6 atom stereocenters. The summed E-state index contributed by atoms with van der Waals surface area (Å²) in [4.78, 5) is 21.3. The van der Waals surface area contributed by atoms with Crippen LogP contribution < -0.4 is 5.32 Å². The lowest BCUT2D eigenvalue weighted by Crippen LogP contribution is -2.63. The zero-order valence-electron chi connectivity index (χ0n) is 9.82. The van der Waals surface area contributed by atoms with Gasteiger partial charge in [0.1, 0.15) is 24.4 Å². The van der Waals surface area contributed by atoms with E-state index in [-0.39, 0.29) is 0 Å². The Hall–Kier alpha value is -1.37. The Bertz CT molecular complexity index is 342. The fourth-order valence-electron chi connectivity index (χ4n) is 1.49. The summed E-state index contributed by atoms with van der Waals surface area (Å²) in [5.74, 6) is 0. The van der Waals surface area contributed by atoms with Gasteiger partial charge in [0.15, 0.2) is 12.5 Å². The number of carbonyl (C=O) groups is 1. The fourth-order valence-corrected chi connectivity index (χ4v) is 1.49. The highest BCUT2D eigenvalue weighted by molar-refractivity contribution is 5.73. The Kier molecular flexibility index (Phi) is 5.11. The number of urea groups is 1. The van der Waals surface area contributed by atoms with Gasteiger partial charge in [-0.25, -0.2) is 4.79 Å². The first kappa shape index (κ1) is 15.7. The number of carbonyl (C=O) groups excluding carboxylic acids is 1. The molecule has 0 radical (unpaired) electrons. The molecule has 2 amide bonds. The second-order valence-electron chi connectivity index (χ2n) is 3.96. The molecule has 2 unspecified atom stereocenters. The quantitative estimate of drug-likeness (QED) is 0.175. The summed E-state index contributed by atoms with van der Waals surface area (Å²) in [6, 6.07) is -1.09. The van der Waals surface area contributed by atoms with Crippen molar-refractivity contribution in [2.45, 2.75) is 36.9 Å². The highest BCUT2D eigenvalue weighted by atomic mass is 16.6. The van der Waals surface area contributed by atoms with Gasteiger partial charge >= 0.3 is 6.03 Å². The van der Waals surface area contributed by atoms with E-state index in [2.05, 4.69) is 10.0 Å². The van der Waals surface area contributed by atoms with Crippen LogP contribution in [0.3, 0.4) is 0 Å². The van der Waals surface area contributed by atoms with Crippen LogP contribution in [0.25, 0.3) is 0 Å². The maximum atomic E-state index is 11.2. The van der Waals surface area contributed by atoms with E-state index in [0.29, 0.717) is 5.01 Å². The Balaban J connectivity index is 2.68. The Morgan fingerprint density at radius 1 is 1.26 bits per heavy atom. The number of nitrogens with zero attached hydrogens (tertiary/aromatic N) is 2. The second kappa shape index (κ2) is 6.18. The Labute approximate surface area is 107 Å². The van der Waals surface area contributed by atoms with Crippen molar-refractivity contribution in [3.63, 3.8) is 0 Å². The fraction of sp³-hybridized carbons (Fsp3) is 0.875. The van der Waals surface area contributed by atoms with E-state index in [0.717, 1.165) is 7.05 Å². The van der Waals surface area contributed by atoms with Crippen molar-refractivity contribution in [1.82, 2.24) is 10.3 Å². The van der Waals surface area contributed by atoms with Gasteiger partial charge in [0.2, 0.25) is 0 Å². The number of hydrogen-bond acceptors (Lipinski definition) is 9. The molecular weight excluding hydrogens is 266 g/mol. The molecule has 0 aromatic rings. The summed E-state index contributed by atoms with van der Waals surface area (Å²) in [7, 11) is 1.01. The summed E-state index contributed by atoms with van der Waals surface area (Å²) in [5, 5.41) is 51.4. The Morgan fingerprint density at radius 3 is 2.37 bits per heavy atom. The smallest absolute Gasteiger partial charge is 0.342 e. The minimum Gasteiger partial charge on any atom is -0.387 e. The number of aliphatic hydroxyl groups excluding tert-OH is 5. The standard InChI is InChI=1S/C8H15N3O8/c1-11(10-18)8(17)9-6(15)5-3(13)2(12)4(14)7(16)19-5/h2-7,12-16H,1H3,(H,9,17)/t2-,3-,4+,5-,6?,7?/m0/s1. The van der Waals surface area contributed by atoms with E-state index in [9.17, 15) is 35.2 Å². The number of nitrogens with one attached hydrogen (secondary N) is 1. The molecule has 6 N–H and O–H groups in total. The molecule has 1 heterocycles. The molecule has 0 aromatic heterocycles. The van der Waals surface area contributed by atoms with Gasteiger partial charge in [0.05, 0.1) is 5.29 Å². The molecule has 1 saturated heterocycles. The number of ether oxygens (including phenoxy) is 1. The SMILES string of the molecule is CN(N=O)C(=O)NC(O)[C@H]1OC(O)[C@H](O)[C@@H](O)[C@@H]1O. The second-order valence-corrected chi connectivity index (χ2v) is 3.96. The van der Waals surface area contributed by atoms with Gasteiger partial charge in [0.25, 0.3) is 0 Å². The van der Waals surface area contributed by atoms with E-state index in [1.807, 2.05) is 5.32 Å². The first-order valence-electron chi connectivity index (χ1n) is 5.23. The molecule has 11 heteroatoms. The van der Waals surface area contributed by atoms with Crippen LogP contribution in [-0.2, 0) is 4.74 Å². The summed E-state index contributed by atoms with van der Waals surface area (Å²) < 4.78 is 4.66. The summed E-state index contributed by atoms with van der Waals surface area (Å²) >= 11 is 0. The van der Waals surface area contributed by atoms with Crippen molar-refractivity contribution in [2.75, 3.05) is 7.05 Å².